The third-order valence-electron chi connectivity index (χ3n) is 4.32. The molecule has 5 nitrogen and oxygen atoms in total. The van der Waals surface area contributed by atoms with Crippen LogP contribution in [0.4, 0.5) is 0 Å². The Labute approximate surface area is 141 Å². The Morgan fingerprint density at radius 1 is 0.792 bits per heavy atom. The SMILES string of the molecule is O=C1NC(=O)c2c(CCCCCCCc3ncccn3)cccc21. The minimum Gasteiger partial charge on any atom is -0.288 e. The summed E-state index contributed by atoms with van der Waals surface area (Å²) in [6, 6.07) is 7.35. The Bertz CT molecular complexity index is 729. The lowest BCUT2D eigenvalue weighted by atomic mass is 9.97. The van der Waals surface area contributed by atoms with Crippen molar-refractivity contribution >= 4 is 11.8 Å². The van der Waals surface area contributed by atoms with Crippen molar-refractivity contribution in [3.63, 3.8) is 0 Å². The first kappa shape index (κ1) is 16.3. The van der Waals surface area contributed by atoms with E-state index in [1.165, 1.54) is 0 Å². The van der Waals surface area contributed by atoms with Gasteiger partial charge in [-0.25, -0.2) is 9.97 Å². The topological polar surface area (TPSA) is 72.0 Å². The number of nitrogens with one attached hydrogen (secondary N) is 1. The molecule has 0 radical (unpaired) electrons. The quantitative estimate of drug-likeness (QED) is 0.598. The third kappa shape index (κ3) is 3.85. The van der Waals surface area contributed by atoms with E-state index in [1.54, 1.807) is 18.5 Å². The summed E-state index contributed by atoms with van der Waals surface area (Å²) in [7, 11) is 0. The van der Waals surface area contributed by atoms with Gasteiger partial charge in [-0.1, -0.05) is 31.4 Å². The Kier molecular flexibility index (Phi) is 5.31. The lowest BCUT2D eigenvalue weighted by Crippen LogP contribution is -2.20. The van der Waals surface area contributed by atoms with Crippen LogP contribution in [0.1, 0.15) is 64.2 Å². The maximum atomic E-state index is 11.9. The molecule has 0 spiro atoms. The second-order valence-electron chi connectivity index (χ2n) is 6.06. The minimum atomic E-state index is -0.278. The van der Waals surface area contributed by atoms with E-state index in [4.69, 9.17) is 0 Å². The maximum Gasteiger partial charge on any atom is 0.259 e. The molecule has 0 aliphatic carbocycles. The van der Waals surface area contributed by atoms with Gasteiger partial charge in [-0.15, -0.1) is 0 Å². The third-order valence-corrected chi connectivity index (χ3v) is 4.32. The summed E-state index contributed by atoms with van der Waals surface area (Å²) in [6.45, 7) is 0. The van der Waals surface area contributed by atoms with Gasteiger partial charge in [0.2, 0.25) is 0 Å². The fraction of sp³-hybridized carbons (Fsp3) is 0.368. The van der Waals surface area contributed by atoms with Crippen LogP contribution in [0.2, 0.25) is 0 Å². The average molecular weight is 323 g/mol. The Morgan fingerprint density at radius 3 is 2.29 bits per heavy atom. The van der Waals surface area contributed by atoms with E-state index < -0.39 is 0 Å². The van der Waals surface area contributed by atoms with Gasteiger partial charge in [0, 0.05) is 18.8 Å². The van der Waals surface area contributed by atoms with E-state index in [2.05, 4.69) is 15.3 Å². The molecule has 24 heavy (non-hydrogen) atoms. The monoisotopic (exact) mass is 323 g/mol. The molecule has 0 saturated heterocycles. The molecule has 2 amide bonds. The molecule has 2 heterocycles. The summed E-state index contributed by atoms with van der Waals surface area (Å²) in [6.07, 6.45) is 10.9. The van der Waals surface area contributed by atoms with Crippen LogP contribution in [-0.2, 0) is 12.8 Å². The summed E-state index contributed by atoms with van der Waals surface area (Å²) in [5.41, 5.74) is 2.07. The first-order valence-electron chi connectivity index (χ1n) is 8.49. The molecule has 1 N–H and O–H groups in total. The predicted octanol–water partition coefficient (Wildman–Crippen LogP) is 3.10. The summed E-state index contributed by atoms with van der Waals surface area (Å²) in [5.74, 6) is 0.376. The number of rotatable bonds is 8. The highest BCUT2D eigenvalue weighted by molar-refractivity contribution is 6.22. The zero-order valence-corrected chi connectivity index (χ0v) is 13.6. The summed E-state index contributed by atoms with van der Waals surface area (Å²) in [4.78, 5) is 32.0. The number of hydrogen-bond donors (Lipinski definition) is 1. The molecule has 0 saturated carbocycles. The molecule has 1 aliphatic heterocycles. The molecule has 0 fully saturated rings. The van der Waals surface area contributed by atoms with Crippen LogP contribution in [0, 0.1) is 0 Å². The number of unbranched alkanes of at least 4 members (excludes halogenated alkanes) is 4. The lowest BCUT2D eigenvalue weighted by Gasteiger charge is -2.06. The first-order valence-corrected chi connectivity index (χ1v) is 8.49. The van der Waals surface area contributed by atoms with Crippen LogP contribution in [0.3, 0.4) is 0 Å². The minimum absolute atomic E-state index is 0.256. The molecule has 0 atom stereocenters. The van der Waals surface area contributed by atoms with Crippen molar-refractivity contribution in [2.45, 2.75) is 44.9 Å². The van der Waals surface area contributed by atoms with Crippen LogP contribution in [0.15, 0.2) is 36.7 Å². The highest BCUT2D eigenvalue weighted by atomic mass is 16.2. The molecular weight excluding hydrogens is 302 g/mol. The molecule has 1 aromatic carbocycles. The van der Waals surface area contributed by atoms with Gasteiger partial charge in [-0.05, 0) is 37.0 Å². The number of carbonyl (C=O) groups excluding carboxylic acids is 2. The summed E-state index contributed by atoms with van der Waals surface area (Å²) < 4.78 is 0. The number of aromatic nitrogens is 2. The van der Waals surface area contributed by atoms with Crippen molar-refractivity contribution in [3.8, 4) is 0 Å². The van der Waals surface area contributed by atoms with Gasteiger partial charge in [-0.2, -0.15) is 0 Å². The number of benzene rings is 1. The number of imide groups is 1. The van der Waals surface area contributed by atoms with E-state index in [0.717, 1.165) is 56.3 Å². The van der Waals surface area contributed by atoms with Gasteiger partial charge in [0.15, 0.2) is 0 Å². The Morgan fingerprint density at radius 2 is 1.50 bits per heavy atom. The number of fused-ring (bicyclic) bond motifs is 1. The van der Waals surface area contributed by atoms with E-state index in [0.29, 0.717) is 11.1 Å². The molecule has 124 valence electrons. The summed E-state index contributed by atoms with van der Waals surface area (Å²) >= 11 is 0. The number of hydrogen-bond acceptors (Lipinski definition) is 4. The van der Waals surface area contributed by atoms with E-state index in [-0.39, 0.29) is 11.8 Å². The fourth-order valence-corrected chi connectivity index (χ4v) is 3.09. The van der Waals surface area contributed by atoms with Gasteiger partial charge in [-0.3, -0.25) is 14.9 Å². The second kappa shape index (κ2) is 7.81. The normalized spacial score (nSPS) is 13.0. The van der Waals surface area contributed by atoms with Crippen molar-refractivity contribution < 1.29 is 9.59 Å². The lowest BCUT2D eigenvalue weighted by molar-refractivity contribution is 0.0879. The molecule has 1 aliphatic rings. The molecular formula is C19H21N3O2. The van der Waals surface area contributed by atoms with Gasteiger partial charge >= 0.3 is 0 Å². The highest BCUT2D eigenvalue weighted by Crippen LogP contribution is 2.22. The summed E-state index contributed by atoms with van der Waals surface area (Å²) in [5, 5.41) is 2.37. The number of aryl methyl sites for hydroxylation is 2. The molecule has 0 unspecified atom stereocenters. The number of carbonyl (C=O) groups is 2. The largest absolute Gasteiger partial charge is 0.288 e. The van der Waals surface area contributed by atoms with E-state index >= 15 is 0 Å². The smallest absolute Gasteiger partial charge is 0.259 e. The van der Waals surface area contributed by atoms with Gasteiger partial charge in [0.1, 0.15) is 5.82 Å². The zero-order chi connectivity index (χ0) is 16.8. The van der Waals surface area contributed by atoms with Crippen LogP contribution in [0.25, 0.3) is 0 Å². The van der Waals surface area contributed by atoms with Crippen molar-refractivity contribution in [1.82, 2.24) is 15.3 Å². The zero-order valence-electron chi connectivity index (χ0n) is 13.6. The van der Waals surface area contributed by atoms with Crippen molar-refractivity contribution in [2.24, 2.45) is 0 Å². The van der Waals surface area contributed by atoms with Gasteiger partial charge in [0.25, 0.3) is 11.8 Å². The number of nitrogens with zero attached hydrogens (tertiary/aromatic N) is 2. The predicted molar refractivity (Wildman–Crippen MR) is 90.8 cm³/mol. The molecule has 0 bridgehead atoms. The van der Waals surface area contributed by atoms with Crippen molar-refractivity contribution in [3.05, 3.63) is 59.2 Å². The Balaban J connectivity index is 1.39. The molecule has 2 aromatic rings. The van der Waals surface area contributed by atoms with Crippen LogP contribution >= 0.6 is 0 Å². The van der Waals surface area contributed by atoms with Crippen molar-refractivity contribution in [1.29, 1.82) is 0 Å². The average Bonchev–Trinajstić information content (AvgIpc) is 2.90. The van der Waals surface area contributed by atoms with Crippen LogP contribution in [-0.4, -0.2) is 21.8 Å². The fourth-order valence-electron chi connectivity index (χ4n) is 3.09. The Hall–Kier alpha value is -2.56. The highest BCUT2D eigenvalue weighted by Gasteiger charge is 2.28. The molecule has 3 rings (SSSR count). The van der Waals surface area contributed by atoms with E-state index in [1.807, 2.05) is 18.2 Å². The van der Waals surface area contributed by atoms with Crippen LogP contribution < -0.4 is 5.32 Å². The molecule has 1 aromatic heterocycles. The van der Waals surface area contributed by atoms with Crippen molar-refractivity contribution in [2.75, 3.05) is 0 Å². The standard InChI is InChI=1S/C19H21N3O2/c23-18-15-10-6-9-14(17(15)19(24)22-18)8-4-2-1-3-5-11-16-20-12-7-13-21-16/h6-7,9-10,12-13H,1-5,8,11H2,(H,22,23,24). The second-order valence-corrected chi connectivity index (χ2v) is 6.06. The van der Waals surface area contributed by atoms with E-state index in [9.17, 15) is 9.59 Å². The first-order chi connectivity index (χ1) is 11.8. The maximum absolute atomic E-state index is 11.9. The van der Waals surface area contributed by atoms with Crippen LogP contribution in [0.5, 0.6) is 0 Å². The van der Waals surface area contributed by atoms with Gasteiger partial charge in [0.05, 0.1) is 11.1 Å². The van der Waals surface area contributed by atoms with Gasteiger partial charge < -0.3 is 0 Å². The molecule has 5 heteroatoms. The number of amides is 2.